The van der Waals surface area contributed by atoms with Gasteiger partial charge >= 0.3 is 0 Å². The van der Waals surface area contributed by atoms with Crippen molar-refractivity contribution in [2.24, 2.45) is 0 Å². The zero-order chi connectivity index (χ0) is 69.6. The van der Waals surface area contributed by atoms with Crippen molar-refractivity contribution < 1.29 is 89.4 Å². The third-order valence-electron chi connectivity index (χ3n) is 20.3. The third-order valence-corrected chi connectivity index (χ3v) is 20.3. The predicted molar refractivity (Wildman–Crippen MR) is 379 cm³/mol. The van der Waals surface area contributed by atoms with Crippen LogP contribution >= 0.6 is 0 Å². The summed E-state index contributed by atoms with van der Waals surface area (Å²) in [5.74, 6) is -0.266. The maximum atomic E-state index is 13.5. The Morgan fingerprint density at radius 2 is 0.646 bits per heavy atom. The van der Waals surface area contributed by atoms with Gasteiger partial charge in [0.15, 0.2) is 18.9 Å². The zero-order valence-electron chi connectivity index (χ0n) is 60.6. The average Bonchev–Trinajstić information content (AvgIpc) is 0.787. The number of carbonyl (C=O) groups excluding carboxylic acids is 1. The highest BCUT2D eigenvalue weighted by Crippen LogP contribution is 2.33. The largest absolute Gasteiger partial charge is 0.394 e. The fraction of sp³-hybridized carbons (Fsp3) is 0.961. The number of aliphatic hydroxyl groups is 11. The standard InChI is InChI=1S/C77H147NO18/c1-3-5-7-9-11-13-15-17-19-21-23-25-27-28-29-30-31-33-35-37-39-41-43-45-47-49-51-53-55-65(83)78-60(61(82)54-52-50-48-46-44-42-40-38-36-34-32-26-24-22-20-18-16-14-12-10-8-6-4-2)59-91-75-71(89)68(86)73(63(57-80)93-75)96-77-72(90)69(87)74(64(58-81)94-77)95-76-70(88)67(85)66(84)62(56-79)92-76/h52,54,60-64,66-77,79-82,84-90H,3-51,53,55-59H2,1-2H3,(H,78,83)/b54-52+. The van der Waals surface area contributed by atoms with E-state index in [9.17, 15) is 61.0 Å². The molecule has 17 unspecified atom stereocenters. The van der Waals surface area contributed by atoms with E-state index < -0.39 is 124 Å². The second-order valence-corrected chi connectivity index (χ2v) is 28.9. The first kappa shape index (κ1) is 88.7. The van der Waals surface area contributed by atoms with Crippen molar-refractivity contribution in [1.82, 2.24) is 5.32 Å². The molecule has 0 aromatic carbocycles. The minimum absolute atomic E-state index is 0.250. The lowest BCUT2D eigenvalue weighted by Gasteiger charge is -2.48. The van der Waals surface area contributed by atoms with Gasteiger partial charge in [-0.15, -0.1) is 0 Å². The first-order valence-corrected chi connectivity index (χ1v) is 39.9. The molecule has 3 aliphatic heterocycles. The van der Waals surface area contributed by atoms with Crippen molar-refractivity contribution in [2.75, 3.05) is 26.4 Å². The van der Waals surface area contributed by atoms with Crippen LogP contribution in [-0.4, -0.2) is 193 Å². The number of aliphatic hydroxyl groups excluding tert-OH is 11. The average molecular weight is 1380 g/mol. The summed E-state index contributed by atoms with van der Waals surface area (Å²) in [5, 5.41) is 121. The van der Waals surface area contributed by atoms with E-state index in [1.165, 1.54) is 270 Å². The van der Waals surface area contributed by atoms with Gasteiger partial charge in [0.25, 0.3) is 0 Å². The molecule has 3 heterocycles. The van der Waals surface area contributed by atoms with Crippen molar-refractivity contribution in [3.05, 3.63) is 12.2 Å². The number of hydrogen-bond acceptors (Lipinski definition) is 18. The fourth-order valence-electron chi connectivity index (χ4n) is 13.9. The molecule has 0 aliphatic carbocycles. The molecule has 3 saturated heterocycles. The first-order chi connectivity index (χ1) is 46.8. The van der Waals surface area contributed by atoms with E-state index in [0.717, 1.165) is 44.9 Å². The predicted octanol–water partition coefficient (Wildman–Crippen LogP) is 12.8. The van der Waals surface area contributed by atoms with Gasteiger partial charge in [-0.1, -0.05) is 328 Å². The second kappa shape index (κ2) is 59.0. The molecule has 0 saturated carbocycles. The van der Waals surface area contributed by atoms with Crippen LogP contribution in [0.2, 0.25) is 0 Å². The molecule has 3 fully saturated rings. The van der Waals surface area contributed by atoms with Crippen molar-refractivity contribution in [3.63, 3.8) is 0 Å². The number of unbranched alkanes of at least 4 members (excludes halogenated alkanes) is 48. The lowest BCUT2D eigenvalue weighted by atomic mass is 9.96. The van der Waals surface area contributed by atoms with Gasteiger partial charge in [-0.25, -0.2) is 0 Å². The molecule has 0 bridgehead atoms. The number of allylic oxidation sites excluding steroid dienone is 1. The molecule has 96 heavy (non-hydrogen) atoms. The molecule has 17 atom stereocenters. The number of nitrogens with one attached hydrogen (secondary N) is 1. The van der Waals surface area contributed by atoms with E-state index in [0.29, 0.717) is 6.42 Å². The molecule has 12 N–H and O–H groups in total. The highest BCUT2D eigenvalue weighted by molar-refractivity contribution is 5.76. The van der Waals surface area contributed by atoms with Gasteiger partial charge in [0, 0.05) is 6.42 Å². The Morgan fingerprint density at radius 1 is 0.365 bits per heavy atom. The summed E-state index contributed by atoms with van der Waals surface area (Å²) in [6, 6.07) is -0.970. The van der Waals surface area contributed by atoms with Gasteiger partial charge in [-0.3, -0.25) is 4.79 Å². The lowest BCUT2D eigenvalue weighted by molar-refractivity contribution is -0.379. The van der Waals surface area contributed by atoms with Crippen molar-refractivity contribution in [3.8, 4) is 0 Å². The Morgan fingerprint density at radius 3 is 0.979 bits per heavy atom. The highest BCUT2D eigenvalue weighted by atomic mass is 16.8. The number of amides is 1. The summed E-state index contributed by atoms with van der Waals surface area (Å²) < 4.78 is 34.5. The molecule has 568 valence electrons. The normalized spacial score (nSPS) is 27.0. The van der Waals surface area contributed by atoms with E-state index in [1.807, 2.05) is 6.08 Å². The van der Waals surface area contributed by atoms with Crippen molar-refractivity contribution in [1.29, 1.82) is 0 Å². The Kier molecular flexibility index (Phi) is 54.5. The maximum absolute atomic E-state index is 13.5. The minimum Gasteiger partial charge on any atom is -0.394 e. The molecule has 3 aliphatic rings. The van der Waals surface area contributed by atoms with Crippen molar-refractivity contribution in [2.45, 2.75) is 446 Å². The van der Waals surface area contributed by atoms with Crippen LogP contribution in [0, 0.1) is 0 Å². The molecular weight excluding hydrogens is 1230 g/mol. The van der Waals surface area contributed by atoms with Crippen LogP contribution in [0.1, 0.15) is 341 Å². The quantitative estimate of drug-likeness (QED) is 0.0199. The van der Waals surface area contributed by atoms with Gasteiger partial charge < -0.3 is 89.9 Å². The maximum Gasteiger partial charge on any atom is 0.220 e. The van der Waals surface area contributed by atoms with Crippen molar-refractivity contribution >= 4 is 5.91 Å². The molecule has 1 amide bonds. The number of hydrogen-bond donors (Lipinski definition) is 12. The van der Waals surface area contributed by atoms with Gasteiger partial charge in [0.05, 0.1) is 38.6 Å². The third kappa shape index (κ3) is 39.3. The lowest BCUT2D eigenvalue weighted by Crippen LogP contribution is -2.66. The van der Waals surface area contributed by atoms with Gasteiger partial charge in [0.2, 0.25) is 5.91 Å². The highest BCUT2D eigenvalue weighted by Gasteiger charge is 2.54. The summed E-state index contributed by atoms with van der Waals surface area (Å²) in [7, 11) is 0. The Hall–Kier alpha value is -1.47. The van der Waals surface area contributed by atoms with Gasteiger partial charge in [-0.05, 0) is 19.3 Å². The van der Waals surface area contributed by atoms with E-state index >= 15 is 0 Å². The molecule has 0 aromatic rings. The van der Waals surface area contributed by atoms with Gasteiger partial charge in [0.1, 0.15) is 73.2 Å². The monoisotopic (exact) mass is 1370 g/mol. The van der Waals surface area contributed by atoms with Crippen LogP contribution in [-0.2, 0) is 33.2 Å². The summed E-state index contributed by atoms with van der Waals surface area (Å²) in [6.45, 7) is 1.80. The molecule has 0 radical (unpaired) electrons. The van der Waals surface area contributed by atoms with Crippen LogP contribution in [0.5, 0.6) is 0 Å². The number of ether oxygens (including phenoxy) is 6. The summed E-state index contributed by atoms with van der Waals surface area (Å²) >= 11 is 0. The van der Waals surface area contributed by atoms with E-state index in [-0.39, 0.29) is 18.9 Å². The molecular formula is C77H147NO18. The molecule has 0 spiro atoms. The van der Waals surface area contributed by atoms with Gasteiger partial charge in [-0.2, -0.15) is 0 Å². The zero-order valence-corrected chi connectivity index (χ0v) is 60.6. The fourth-order valence-corrected chi connectivity index (χ4v) is 13.9. The Labute approximate surface area is 582 Å². The van der Waals surface area contributed by atoms with E-state index in [1.54, 1.807) is 6.08 Å². The SMILES string of the molecule is CCCCCCCCCCCCCCCCCCCCCCC/C=C/C(O)C(COC1OC(CO)C(OC2OC(CO)C(OC3OC(CO)C(O)C(O)C3O)C(O)C2O)C(O)C1O)NC(=O)CCCCCCCCCCCCCCCCCCCCCCCCCCCCCC. The topological polar surface area (TPSA) is 307 Å². The minimum atomic E-state index is -1.98. The molecule has 3 rings (SSSR count). The molecule has 0 aromatic heterocycles. The van der Waals surface area contributed by atoms with Crippen LogP contribution < -0.4 is 5.32 Å². The van der Waals surface area contributed by atoms with Crippen LogP contribution in [0.3, 0.4) is 0 Å². The van der Waals surface area contributed by atoms with Crippen LogP contribution in [0.4, 0.5) is 0 Å². The van der Waals surface area contributed by atoms with E-state index in [2.05, 4.69) is 19.2 Å². The Balaban J connectivity index is 1.38. The Bertz CT molecular complexity index is 1790. The summed E-state index contributed by atoms with van der Waals surface area (Å²) in [6.07, 6.45) is 42.0. The summed E-state index contributed by atoms with van der Waals surface area (Å²) in [5.41, 5.74) is 0. The number of rotatable bonds is 64. The molecule has 19 nitrogen and oxygen atoms in total. The molecule has 19 heteroatoms. The van der Waals surface area contributed by atoms with Crippen LogP contribution in [0.25, 0.3) is 0 Å². The smallest absolute Gasteiger partial charge is 0.220 e. The van der Waals surface area contributed by atoms with Crippen LogP contribution in [0.15, 0.2) is 12.2 Å². The van der Waals surface area contributed by atoms with E-state index in [4.69, 9.17) is 28.4 Å². The second-order valence-electron chi connectivity index (χ2n) is 28.9. The summed E-state index contributed by atoms with van der Waals surface area (Å²) in [4.78, 5) is 13.5. The number of carbonyl (C=O) groups is 1. The first-order valence-electron chi connectivity index (χ1n) is 39.9.